The van der Waals surface area contributed by atoms with E-state index in [4.69, 9.17) is 0 Å². The fourth-order valence-corrected chi connectivity index (χ4v) is 2.99. The van der Waals surface area contributed by atoms with E-state index in [0.717, 1.165) is 30.7 Å². The van der Waals surface area contributed by atoms with E-state index in [9.17, 15) is 0 Å². The van der Waals surface area contributed by atoms with Crippen LogP contribution in [0, 0.1) is 0 Å². The molecule has 2 aromatic carbocycles. The minimum Gasteiger partial charge on any atom is -0.364 e. The molecule has 0 atom stereocenters. The van der Waals surface area contributed by atoms with Crippen LogP contribution in [0.25, 0.3) is 0 Å². The van der Waals surface area contributed by atoms with Gasteiger partial charge < -0.3 is 14.8 Å². The second-order valence-electron chi connectivity index (χ2n) is 6.06. The van der Waals surface area contributed by atoms with Gasteiger partial charge in [0.25, 0.3) is 0 Å². The lowest BCUT2D eigenvalue weighted by molar-refractivity contribution is 0.648. The third kappa shape index (κ3) is 5.18. The summed E-state index contributed by atoms with van der Waals surface area (Å²) in [5.41, 5.74) is 3.72. The molecule has 0 aliphatic rings. The van der Waals surface area contributed by atoms with Gasteiger partial charge in [0.05, 0.1) is 18.6 Å². The van der Waals surface area contributed by atoms with E-state index < -0.39 is 0 Å². The van der Waals surface area contributed by atoms with E-state index in [2.05, 4.69) is 84.2 Å². The summed E-state index contributed by atoms with van der Waals surface area (Å²) in [4.78, 5) is 6.61. The lowest BCUT2D eigenvalue weighted by atomic mass is 10.2. The molecule has 1 heterocycles. The standard InChI is InChI=1S/C20H23BrN4/c1-24-16-23-14-20(24)15-25(19-9-7-18(21)8-10-19)12-11-22-13-17-5-3-2-4-6-17/h2-10,14,16,22H,11-13,15H2,1H3. The van der Waals surface area contributed by atoms with Crippen molar-refractivity contribution in [3.8, 4) is 0 Å². The van der Waals surface area contributed by atoms with Crippen LogP contribution < -0.4 is 10.2 Å². The zero-order valence-electron chi connectivity index (χ0n) is 14.4. The first-order valence-electron chi connectivity index (χ1n) is 8.43. The highest BCUT2D eigenvalue weighted by Gasteiger charge is 2.09. The first-order chi connectivity index (χ1) is 12.2. The number of anilines is 1. The van der Waals surface area contributed by atoms with Crippen molar-refractivity contribution >= 4 is 21.6 Å². The predicted molar refractivity (Wildman–Crippen MR) is 107 cm³/mol. The number of imidazole rings is 1. The van der Waals surface area contributed by atoms with Crippen LogP contribution in [0.1, 0.15) is 11.3 Å². The molecule has 0 aliphatic carbocycles. The highest BCUT2D eigenvalue weighted by atomic mass is 79.9. The van der Waals surface area contributed by atoms with Gasteiger partial charge in [0, 0.05) is 43.0 Å². The van der Waals surface area contributed by atoms with Crippen molar-refractivity contribution in [2.45, 2.75) is 13.1 Å². The van der Waals surface area contributed by atoms with Crippen LogP contribution >= 0.6 is 15.9 Å². The summed E-state index contributed by atoms with van der Waals surface area (Å²) >= 11 is 3.51. The molecule has 0 saturated carbocycles. The zero-order valence-corrected chi connectivity index (χ0v) is 16.0. The second kappa shape index (κ2) is 8.83. The highest BCUT2D eigenvalue weighted by molar-refractivity contribution is 9.10. The monoisotopic (exact) mass is 398 g/mol. The number of nitrogens with one attached hydrogen (secondary N) is 1. The molecule has 25 heavy (non-hydrogen) atoms. The largest absolute Gasteiger partial charge is 0.364 e. The van der Waals surface area contributed by atoms with Gasteiger partial charge in [-0.3, -0.25) is 0 Å². The zero-order chi connectivity index (χ0) is 17.5. The lowest BCUT2D eigenvalue weighted by Crippen LogP contribution is -2.32. The average Bonchev–Trinajstić information content (AvgIpc) is 3.04. The Morgan fingerprint density at radius 3 is 2.52 bits per heavy atom. The Morgan fingerprint density at radius 2 is 1.84 bits per heavy atom. The van der Waals surface area contributed by atoms with Crippen LogP contribution in [0.2, 0.25) is 0 Å². The van der Waals surface area contributed by atoms with Gasteiger partial charge in [-0.1, -0.05) is 46.3 Å². The SMILES string of the molecule is Cn1cncc1CN(CCNCc1ccccc1)c1ccc(Br)cc1. The van der Waals surface area contributed by atoms with Crippen molar-refractivity contribution in [2.75, 3.05) is 18.0 Å². The van der Waals surface area contributed by atoms with Gasteiger partial charge in [0.15, 0.2) is 0 Å². The number of nitrogens with zero attached hydrogens (tertiary/aromatic N) is 3. The molecular weight excluding hydrogens is 376 g/mol. The third-order valence-electron chi connectivity index (χ3n) is 4.19. The van der Waals surface area contributed by atoms with Crippen LogP contribution in [0.5, 0.6) is 0 Å². The topological polar surface area (TPSA) is 33.1 Å². The van der Waals surface area contributed by atoms with Crippen LogP contribution in [-0.2, 0) is 20.1 Å². The Balaban J connectivity index is 1.61. The number of aryl methyl sites for hydroxylation is 1. The molecule has 1 N–H and O–H groups in total. The van der Waals surface area contributed by atoms with Crippen molar-refractivity contribution in [3.05, 3.63) is 82.9 Å². The van der Waals surface area contributed by atoms with Crippen molar-refractivity contribution in [1.82, 2.24) is 14.9 Å². The molecule has 3 aromatic rings. The summed E-state index contributed by atoms with van der Waals surface area (Å²) < 4.78 is 3.17. The highest BCUT2D eigenvalue weighted by Crippen LogP contribution is 2.20. The minimum absolute atomic E-state index is 0.838. The lowest BCUT2D eigenvalue weighted by Gasteiger charge is -2.25. The number of hydrogen-bond acceptors (Lipinski definition) is 3. The molecule has 3 rings (SSSR count). The minimum atomic E-state index is 0.838. The van der Waals surface area contributed by atoms with Gasteiger partial charge >= 0.3 is 0 Å². The Morgan fingerprint density at radius 1 is 1.08 bits per heavy atom. The van der Waals surface area contributed by atoms with Gasteiger partial charge in [-0.05, 0) is 29.8 Å². The molecule has 0 amide bonds. The molecule has 4 nitrogen and oxygen atoms in total. The molecule has 0 fully saturated rings. The van der Waals surface area contributed by atoms with Crippen LogP contribution in [-0.4, -0.2) is 22.6 Å². The maximum Gasteiger partial charge on any atom is 0.0946 e. The van der Waals surface area contributed by atoms with Crippen LogP contribution in [0.3, 0.4) is 0 Å². The van der Waals surface area contributed by atoms with Crippen LogP contribution in [0.15, 0.2) is 71.6 Å². The number of benzene rings is 2. The molecule has 5 heteroatoms. The van der Waals surface area contributed by atoms with Gasteiger partial charge in [0.1, 0.15) is 0 Å². The summed E-state index contributed by atoms with van der Waals surface area (Å²) in [6.07, 6.45) is 3.78. The smallest absolute Gasteiger partial charge is 0.0946 e. The summed E-state index contributed by atoms with van der Waals surface area (Å²) in [5.74, 6) is 0. The van der Waals surface area contributed by atoms with Crippen LogP contribution in [0.4, 0.5) is 5.69 Å². The second-order valence-corrected chi connectivity index (χ2v) is 6.97. The van der Waals surface area contributed by atoms with E-state index >= 15 is 0 Å². The van der Waals surface area contributed by atoms with E-state index in [1.54, 1.807) is 0 Å². The fraction of sp³-hybridized carbons (Fsp3) is 0.250. The van der Waals surface area contributed by atoms with E-state index in [1.165, 1.54) is 16.9 Å². The number of hydrogen-bond donors (Lipinski definition) is 1. The Hall–Kier alpha value is -2.11. The molecule has 0 bridgehead atoms. The van der Waals surface area contributed by atoms with Gasteiger partial charge in [0.2, 0.25) is 0 Å². The van der Waals surface area contributed by atoms with Crippen molar-refractivity contribution in [1.29, 1.82) is 0 Å². The summed E-state index contributed by atoms with van der Waals surface area (Å²) in [6, 6.07) is 19.0. The first kappa shape index (κ1) is 17.7. The fourth-order valence-electron chi connectivity index (χ4n) is 2.73. The molecular formula is C20H23BrN4. The molecule has 0 unspecified atom stereocenters. The average molecular weight is 399 g/mol. The molecule has 0 aliphatic heterocycles. The maximum absolute atomic E-state index is 4.23. The van der Waals surface area contributed by atoms with E-state index in [-0.39, 0.29) is 0 Å². The Bertz CT molecular complexity index is 768. The van der Waals surface area contributed by atoms with Gasteiger partial charge in [-0.2, -0.15) is 0 Å². The first-order valence-corrected chi connectivity index (χ1v) is 9.22. The number of rotatable bonds is 8. The summed E-state index contributed by atoms with van der Waals surface area (Å²) in [6.45, 7) is 3.58. The molecule has 0 saturated heterocycles. The molecule has 0 spiro atoms. The number of halogens is 1. The molecule has 0 radical (unpaired) electrons. The Labute approximate surface area is 157 Å². The predicted octanol–water partition coefficient (Wildman–Crippen LogP) is 3.98. The third-order valence-corrected chi connectivity index (χ3v) is 4.72. The maximum atomic E-state index is 4.23. The van der Waals surface area contributed by atoms with E-state index in [0.29, 0.717) is 0 Å². The van der Waals surface area contributed by atoms with E-state index in [1.807, 2.05) is 25.6 Å². The quantitative estimate of drug-likeness (QED) is 0.582. The summed E-state index contributed by atoms with van der Waals surface area (Å²) in [5, 5.41) is 3.53. The van der Waals surface area contributed by atoms with Crippen molar-refractivity contribution < 1.29 is 0 Å². The number of aromatic nitrogens is 2. The Kier molecular flexibility index (Phi) is 6.25. The normalized spacial score (nSPS) is 10.8. The van der Waals surface area contributed by atoms with Gasteiger partial charge in [-0.25, -0.2) is 4.98 Å². The summed E-state index contributed by atoms with van der Waals surface area (Å²) in [7, 11) is 2.04. The molecule has 130 valence electrons. The molecule has 1 aromatic heterocycles. The van der Waals surface area contributed by atoms with Gasteiger partial charge in [-0.15, -0.1) is 0 Å². The van der Waals surface area contributed by atoms with Crippen molar-refractivity contribution in [2.24, 2.45) is 7.05 Å². The van der Waals surface area contributed by atoms with Crippen molar-refractivity contribution in [3.63, 3.8) is 0 Å².